The third kappa shape index (κ3) is 2.53. The molecule has 0 unspecified atom stereocenters. The Balaban J connectivity index is 2.50. The molecule has 1 aromatic carbocycles. The summed E-state index contributed by atoms with van der Waals surface area (Å²) in [5.41, 5.74) is 2.22. The summed E-state index contributed by atoms with van der Waals surface area (Å²) in [4.78, 5) is 14.8. The first-order chi connectivity index (χ1) is 8.24. The number of nitrogens with zero attached hydrogens (tertiary/aromatic N) is 1. The predicted octanol–water partition coefficient (Wildman–Crippen LogP) is 3.33. The van der Waals surface area contributed by atoms with Crippen molar-refractivity contribution in [2.45, 2.75) is 0 Å². The number of aromatic nitrogens is 1. The van der Waals surface area contributed by atoms with Crippen molar-refractivity contribution in [3.8, 4) is 17.0 Å². The van der Waals surface area contributed by atoms with Crippen LogP contribution in [0.2, 0.25) is 0 Å². The summed E-state index contributed by atoms with van der Waals surface area (Å²) < 4.78 is 6.23. The maximum absolute atomic E-state index is 10.6. The van der Waals surface area contributed by atoms with Crippen molar-refractivity contribution >= 4 is 22.2 Å². The molecular formula is C13H10BrNO2. The molecule has 2 rings (SSSR count). The topological polar surface area (TPSA) is 39.2 Å². The highest BCUT2D eigenvalue weighted by atomic mass is 79.9. The van der Waals surface area contributed by atoms with Crippen molar-refractivity contribution in [3.05, 3.63) is 46.6 Å². The van der Waals surface area contributed by atoms with E-state index in [1.165, 1.54) is 0 Å². The van der Waals surface area contributed by atoms with Gasteiger partial charge in [-0.2, -0.15) is 0 Å². The van der Waals surface area contributed by atoms with Crippen LogP contribution in [0.5, 0.6) is 5.75 Å². The lowest BCUT2D eigenvalue weighted by atomic mass is 10.1. The Labute approximate surface area is 108 Å². The van der Waals surface area contributed by atoms with E-state index in [-0.39, 0.29) is 0 Å². The average Bonchev–Trinajstić information content (AvgIpc) is 2.39. The molecule has 0 aliphatic heterocycles. The van der Waals surface area contributed by atoms with E-state index in [0.29, 0.717) is 5.56 Å². The lowest BCUT2D eigenvalue weighted by molar-refractivity contribution is 0.112. The van der Waals surface area contributed by atoms with Gasteiger partial charge in [-0.15, -0.1) is 0 Å². The Morgan fingerprint density at radius 2 is 2.12 bits per heavy atom. The number of pyridine rings is 1. The highest BCUT2D eigenvalue weighted by Gasteiger charge is 2.07. The first kappa shape index (κ1) is 11.8. The molecule has 0 bridgehead atoms. The Morgan fingerprint density at radius 1 is 1.29 bits per heavy atom. The van der Waals surface area contributed by atoms with E-state index in [1.807, 2.05) is 18.2 Å². The van der Waals surface area contributed by atoms with Gasteiger partial charge in [-0.25, -0.2) is 0 Å². The van der Waals surface area contributed by atoms with Gasteiger partial charge in [0, 0.05) is 21.8 Å². The minimum absolute atomic E-state index is 0.558. The standard InChI is InChI=1S/C13H10BrNO2/c1-17-13-5-3-10(14)6-11(13)12-4-2-9(8-16)7-15-12/h2-8H,1H3. The summed E-state index contributed by atoms with van der Waals surface area (Å²) in [6, 6.07) is 9.24. The molecule has 0 atom stereocenters. The molecule has 0 N–H and O–H groups in total. The summed E-state index contributed by atoms with van der Waals surface area (Å²) in [5, 5.41) is 0. The normalized spacial score (nSPS) is 10.0. The van der Waals surface area contributed by atoms with E-state index in [0.717, 1.165) is 27.8 Å². The van der Waals surface area contributed by atoms with E-state index in [2.05, 4.69) is 20.9 Å². The Bertz CT molecular complexity index is 538. The van der Waals surface area contributed by atoms with E-state index < -0.39 is 0 Å². The number of benzene rings is 1. The van der Waals surface area contributed by atoms with Gasteiger partial charge in [-0.3, -0.25) is 9.78 Å². The van der Waals surface area contributed by atoms with E-state index in [9.17, 15) is 4.79 Å². The van der Waals surface area contributed by atoms with Gasteiger partial charge in [0.25, 0.3) is 0 Å². The SMILES string of the molecule is COc1ccc(Br)cc1-c1ccc(C=O)cn1. The van der Waals surface area contributed by atoms with Crippen molar-refractivity contribution in [2.75, 3.05) is 7.11 Å². The Morgan fingerprint density at radius 3 is 2.71 bits per heavy atom. The summed E-state index contributed by atoms with van der Waals surface area (Å²) in [6.45, 7) is 0. The molecule has 17 heavy (non-hydrogen) atoms. The number of methoxy groups -OCH3 is 1. The molecule has 0 radical (unpaired) electrons. The fraction of sp³-hybridized carbons (Fsp3) is 0.0769. The van der Waals surface area contributed by atoms with Gasteiger partial charge in [0.05, 0.1) is 12.8 Å². The molecule has 0 aliphatic rings. The first-order valence-corrected chi connectivity index (χ1v) is 5.79. The van der Waals surface area contributed by atoms with Crippen LogP contribution >= 0.6 is 15.9 Å². The maximum Gasteiger partial charge on any atom is 0.151 e. The van der Waals surface area contributed by atoms with Crippen LogP contribution in [-0.4, -0.2) is 18.4 Å². The zero-order chi connectivity index (χ0) is 12.3. The molecule has 0 saturated heterocycles. The second kappa shape index (κ2) is 5.10. The zero-order valence-corrected chi connectivity index (χ0v) is 10.8. The molecule has 4 heteroatoms. The lowest BCUT2D eigenvalue weighted by Gasteiger charge is -2.08. The molecule has 86 valence electrons. The number of carbonyl (C=O) groups is 1. The molecule has 0 saturated carbocycles. The van der Waals surface area contributed by atoms with Gasteiger partial charge < -0.3 is 4.74 Å². The number of carbonyl (C=O) groups excluding carboxylic acids is 1. The monoisotopic (exact) mass is 291 g/mol. The molecule has 0 amide bonds. The van der Waals surface area contributed by atoms with Crippen molar-refractivity contribution in [1.29, 1.82) is 0 Å². The molecule has 0 fully saturated rings. The Hall–Kier alpha value is -1.68. The van der Waals surface area contributed by atoms with Crippen LogP contribution in [0.4, 0.5) is 0 Å². The summed E-state index contributed by atoms with van der Waals surface area (Å²) >= 11 is 3.41. The van der Waals surface area contributed by atoms with Gasteiger partial charge in [0.2, 0.25) is 0 Å². The van der Waals surface area contributed by atoms with Gasteiger partial charge in [0.15, 0.2) is 6.29 Å². The predicted molar refractivity (Wildman–Crippen MR) is 69.3 cm³/mol. The molecule has 0 spiro atoms. The van der Waals surface area contributed by atoms with E-state index in [4.69, 9.17) is 4.74 Å². The molecule has 2 aromatic rings. The van der Waals surface area contributed by atoms with Gasteiger partial charge in [0.1, 0.15) is 5.75 Å². The lowest BCUT2D eigenvalue weighted by Crippen LogP contribution is -1.91. The van der Waals surface area contributed by atoms with Gasteiger partial charge in [-0.1, -0.05) is 15.9 Å². The van der Waals surface area contributed by atoms with Crippen LogP contribution in [-0.2, 0) is 0 Å². The summed E-state index contributed by atoms with van der Waals surface area (Å²) in [5.74, 6) is 0.750. The second-order valence-electron chi connectivity index (χ2n) is 3.44. The minimum atomic E-state index is 0.558. The number of ether oxygens (including phenoxy) is 1. The number of aldehydes is 1. The van der Waals surface area contributed by atoms with Gasteiger partial charge in [-0.05, 0) is 30.3 Å². The highest BCUT2D eigenvalue weighted by Crippen LogP contribution is 2.31. The molecular weight excluding hydrogens is 282 g/mol. The quantitative estimate of drug-likeness (QED) is 0.814. The highest BCUT2D eigenvalue weighted by molar-refractivity contribution is 9.10. The van der Waals surface area contributed by atoms with Crippen LogP contribution in [0.25, 0.3) is 11.3 Å². The fourth-order valence-electron chi connectivity index (χ4n) is 1.51. The fourth-order valence-corrected chi connectivity index (χ4v) is 1.88. The number of hydrogen-bond acceptors (Lipinski definition) is 3. The van der Waals surface area contributed by atoms with Crippen molar-refractivity contribution in [2.24, 2.45) is 0 Å². The number of hydrogen-bond donors (Lipinski definition) is 0. The van der Waals surface area contributed by atoms with Crippen LogP contribution < -0.4 is 4.74 Å². The average molecular weight is 292 g/mol. The van der Waals surface area contributed by atoms with Crippen molar-refractivity contribution < 1.29 is 9.53 Å². The maximum atomic E-state index is 10.6. The van der Waals surface area contributed by atoms with Crippen LogP contribution in [0.3, 0.4) is 0 Å². The van der Waals surface area contributed by atoms with Crippen LogP contribution in [0.15, 0.2) is 41.0 Å². The molecule has 1 aromatic heterocycles. The second-order valence-corrected chi connectivity index (χ2v) is 4.35. The molecule has 0 aliphatic carbocycles. The smallest absolute Gasteiger partial charge is 0.151 e. The molecule has 3 nitrogen and oxygen atoms in total. The zero-order valence-electron chi connectivity index (χ0n) is 9.18. The first-order valence-electron chi connectivity index (χ1n) is 4.99. The summed E-state index contributed by atoms with van der Waals surface area (Å²) in [6.07, 6.45) is 2.32. The van der Waals surface area contributed by atoms with Crippen molar-refractivity contribution in [3.63, 3.8) is 0 Å². The third-order valence-corrected chi connectivity index (χ3v) is 2.85. The van der Waals surface area contributed by atoms with Gasteiger partial charge >= 0.3 is 0 Å². The number of halogens is 1. The van der Waals surface area contributed by atoms with Crippen LogP contribution in [0, 0.1) is 0 Å². The van der Waals surface area contributed by atoms with Crippen molar-refractivity contribution in [1.82, 2.24) is 4.98 Å². The molecule has 1 heterocycles. The minimum Gasteiger partial charge on any atom is -0.496 e. The Kier molecular flexibility index (Phi) is 3.54. The largest absolute Gasteiger partial charge is 0.496 e. The van der Waals surface area contributed by atoms with E-state index >= 15 is 0 Å². The third-order valence-electron chi connectivity index (χ3n) is 2.36. The van der Waals surface area contributed by atoms with Crippen LogP contribution in [0.1, 0.15) is 10.4 Å². The van der Waals surface area contributed by atoms with E-state index in [1.54, 1.807) is 25.4 Å². The number of rotatable bonds is 3. The summed E-state index contributed by atoms with van der Waals surface area (Å²) in [7, 11) is 1.62.